The molecule has 0 saturated heterocycles. The molecule has 2 heteroatoms. The van der Waals surface area contributed by atoms with Crippen LogP contribution in [0.3, 0.4) is 0 Å². The highest BCUT2D eigenvalue weighted by Crippen LogP contribution is 2.22. The standard InChI is InChI=1S/C20H26O2/c1-2-3-4-7-16-8-5-9-17(12-16)10-6-11-18-13-19(21)15-20(22)14-18/h5,8-9,12-15,21-22H,2-4,6-7,10-11H2,1H3. The zero-order chi connectivity index (χ0) is 15.8. The van der Waals surface area contributed by atoms with E-state index in [1.54, 1.807) is 12.1 Å². The summed E-state index contributed by atoms with van der Waals surface area (Å²) in [7, 11) is 0. The van der Waals surface area contributed by atoms with Crippen LogP contribution in [-0.2, 0) is 19.3 Å². The van der Waals surface area contributed by atoms with Crippen molar-refractivity contribution >= 4 is 0 Å². The summed E-state index contributed by atoms with van der Waals surface area (Å²) in [5.74, 6) is 0.265. The van der Waals surface area contributed by atoms with E-state index in [-0.39, 0.29) is 11.5 Å². The van der Waals surface area contributed by atoms with Crippen LogP contribution in [0.2, 0.25) is 0 Å². The molecule has 2 nitrogen and oxygen atoms in total. The van der Waals surface area contributed by atoms with Crippen LogP contribution in [0, 0.1) is 0 Å². The lowest BCUT2D eigenvalue weighted by molar-refractivity contribution is 0.449. The average Bonchev–Trinajstić information content (AvgIpc) is 2.47. The maximum atomic E-state index is 9.49. The number of aromatic hydroxyl groups is 2. The molecule has 2 aromatic carbocycles. The van der Waals surface area contributed by atoms with Gasteiger partial charge in [0.15, 0.2) is 0 Å². The number of aryl methyl sites for hydroxylation is 3. The summed E-state index contributed by atoms with van der Waals surface area (Å²) >= 11 is 0. The molecule has 0 radical (unpaired) electrons. The maximum Gasteiger partial charge on any atom is 0.119 e. The van der Waals surface area contributed by atoms with Crippen LogP contribution in [-0.4, -0.2) is 10.2 Å². The van der Waals surface area contributed by atoms with Crippen molar-refractivity contribution in [3.8, 4) is 11.5 Å². The first kappa shape index (κ1) is 16.4. The summed E-state index contributed by atoms with van der Waals surface area (Å²) in [6.07, 6.45) is 7.90. The minimum Gasteiger partial charge on any atom is -0.508 e. The van der Waals surface area contributed by atoms with Gasteiger partial charge in [-0.25, -0.2) is 0 Å². The van der Waals surface area contributed by atoms with Gasteiger partial charge in [-0.2, -0.15) is 0 Å². The molecule has 0 aliphatic rings. The molecule has 0 saturated carbocycles. The lowest BCUT2D eigenvalue weighted by Gasteiger charge is -2.06. The van der Waals surface area contributed by atoms with Crippen LogP contribution in [0.1, 0.15) is 49.3 Å². The monoisotopic (exact) mass is 298 g/mol. The first-order valence-electron chi connectivity index (χ1n) is 8.27. The van der Waals surface area contributed by atoms with Gasteiger partial charge in [0.05, 0.1) is 0 Å². The lowest BCUT2D eigenvalue weighted by atomic mass is 10.00. The predicted octanol–water partition coefficient (Wildman–Crippen LogP) is 5.01. The fourth-order valence-corrected chi connectivity index (χ4v) is 2.82. The molecule has 0 atom stereocenters. The van der Waals surface area contributed by atoms with Crippen LogP contribution in [0.25, 0.3) is 0 Å². The molecule has 2 N–H and O–H groups in total. The molecule has 2 aromatic rings. The van der Waals surface area contributed by atoms with Crippen molar-refractivity contribution in [1.82, 2.24) is 0 Å². The molecule has 22 heavy (non-hydrogen) atoms. The topological polar surface area (TPSA) is 40.5 Å². The van der Waals surface area contributed by atoms with Gasteiger partial charge in [0.25, 0.3) is 0 Å². The molecular formula is C20H26O2. The Balaban J connectivity index is 1.84. The van der Waals surface area contributed by atoms with Gasteiger partial charge in [0.2, 0.25) is 0 Å². The van der Waals surface area contributed by atoms with Gasteiger partial charge in [-0.1, -0.05) is 44.0 Å². The number of phenolic OH excluding ortho intramolecular Hbond substituents is 2. The molecule has 0 aliphatic carbocycles. The molecule has 0 spiro atoms. The summed E-state index contributed by atoms with van der Waals surface area (Å²) in [6.45, 7) is 2.23. The number of benzene rings is 2. The Kier molecular flexibility index (Phi) is 6.32. The SMILES string of the molecule is CCCCCc1cccc(CCCc2cc(O)cc(O)c2)c1. The first-order chi connectivity index (χ1) is 10.7. The number of unbranched alkanes of at least 4 members (excludes halogenated alkanes) is 2. The van der Waals surface area contributed by atoms with Crippen molar-refractivity contribution in [3.05, 3.63) is 59.2 Å². The van der Waals surface area contributed by atoms with E-state index in [0.29, 0.717) is 0 Å². The Hall–Kier alpha value is -1.96. The van der Waals surface area contributed by atoms with Crippen molar-refractivity contribution < 1.29 is 10.2 Å². The lowest BCUT2D eigenvalue weighted by Crippen LogP contribution is -1.92. The Morgan fingerprint density at radius 3 is 1.91 bits per heavy atom. The van der Waals surface area contributed by atoms with E-state index in [1.165, 1.54) is 42.9 Å². The Morgan fingerprint density at radius 2 is 1.27 bits per heavy atom. The van der Waals surface area contributed by atoms with Gasteiger partial charge in [-0.15, -0.1) is 0 Å². The van der Waals surface area contributed by atoms with E-state index in [4.69, 9.17) is 0 Å². The maximum absolute atomic E-state index is 9.49. The van der Waals surface area contributed by atoms with Crippen LogP contribution in [0.15, 0.2) is 42.5 Å². The highest BCUT2D eigenvalue weighted by molar-refractivity contribution is 5.36. The smallest absolute Gasteiger partial charge is 0.119 e. The van der Waals surface area contributed by atoms with Gasteiger partial charge in [0.1, 0.15) is 11.5 Å². The molecule has 118 valence electrons. The number of hydrogen-bond donors (Lipinski definition) is 2. The first-order valence-corrected chi connectivity index (χ1v) is 8.27. The third-order valence-corrected chi connectivity index (χ3v) is 3.95. The van der Waals surface area contributed by atoms with E-state index >= 15 is 0 Å². The second kappa shape index (κ2) is 8.47. The van der Waals surface area contributed by atoms with Gasteiger partial charge in [-0.05, 0) is 60.9 Å². The molecule has 0 fully saturated rings. The molecular weight excluding hydrogens is 272 g/mol. The van der Waals surface area contributed by atoms with Crippen LogP contribution >= 0.6 is 0 Å². The molecule has 0 bridgehead atoms. The summed E-state index contributed by atoms with van der Waals surface area (Å²) in [5, 5.41) is 19.0. The van der Waals surface area contributed by atoms with Crippen LogP contribution < -0.4 is 0 Å². The molecule has 2 rings (SSSR count). The van der Waals surface area contributed by atoms with Gasteiger partial charge in [-0.3, -0.25) is 0 Å². The van der Waals surface area contributed by atoms with Crippen LogP contribution in [0.4, 0.5) is 0 Å². The van der Waals surface area contributed by atoms with E-state index < -0.39 is 0 Å². The number of hydrogen-bond acceptors (Lipinski definition) is 2. The minimum absolute atomic E-state index is 0.132. The van der Waals surface area contributed by atoms with Gasteiger partial charge in [0, 0.05) is 6.07 Å². The summed E-state index contributed by atoms with van der Waals surface area (Å²) < 4.78 is 0. The van der Waals surface area contributed by atoms with Gasteiger partial charge >= 0.3 is 0 Å². The van der Waals surface area contributed by atoms with Crippen molar-refractivity contribution in [2.75, 3.05) is 0 Å². The second-order valence-electron chi connectivity index (χ2n) is 5.99. The van der Waals surface area contributed by atoms with E-state index in [0.717, 1.165) is 24.8 Å². The average molecular weight is 298 g/mol. The zero-order valence-electron chi connectivity index (χ0n) is 13.4. The van der Waals surface area contributed by atoms with E-state index in [1.807, 2.05) is 0 Å². The zero-order valence-corrected chi connectivity index (χ0v) is 13.4. The highest BCUT2D eigenvalue weighted by atomic mass is 16.3. The van der Waals surface area contributed by atoms with Gasteiger partial charge < -0.3 is 10.2 Å². The Bertz CT molecular complexity index is 570. The fourth-order valence-electron chi connectivity index (χ4n) is 2.82. The minimum atomic E-state index is 0.132. The van der Waals surface area contributed by atoms with Crippen molar-refractivity contribution in [2.45, 2.75) is 51.9 Å². The fraction of sp³-hybridized carbons (Fsp3) is 0.400. The number of phenols is 2. The second-order valence-corrected chi connectivity index (χ2v) is 5.99. The van der Waals surface area contributed by atoms with Crippen LogP contribution in [0.5, 0.6) is 11.5 Å². The number of rotatable bonds is 8. The quantitative estimate of drug-likeness (QED) is 0.673. The van der Waals surface area contributed by atoms with Crippen molar-refractivity contribution in [1.29, 1.82) is 0 Å². The summed E-state index contributed by atoms with van der Waals surface area (Å²) in [6, 6.07) is 13.7. The van der Waals surface area contributed by atoms with Crippen molar-refractivity contribution in [2.24, 2.45) is 0 Å². The Labute approximate surface area is 133 Å². The van der Waals surface area contributed by atoms with Crippen molar-refractivity contribution in [3.63, 3.8) is 0 Å². The highest BCUT2D eigenvalue weighted by Gasteiger charge is 2.01. The molecule has 0 aromatic heterocycles. The largest absolute Gasteiger partial charge is 0.508 e. The molecule has 0 heterocycles. The third kappa shape index (κ3) is 5.44. The molecule has 0 amide bonds. The predicted molar refractivity (Wildman–Crippen MR) is 91.5 cm³/mol. The summed E-state index contributed by atoms with van der Waals surface area (Å²) in [4.78, 5) is 0. The molecule has 0 unspecified atom stereocenters. The Morgan fingerprint density at radius 1 is 0.682 bits per heavy atom. The van der Waals surface area contributed by atoms with E-state index in [9.17, 15) is 10.2 Å². The summed E-state index contributed by atoms with van der Waals surface area (Å²) in [5.41, 5.74) is 3.79. The molecule has 0 aliphatic heterocycles. The third-order valence-electron chi connectivity index (χ3n) is 3.95. The normalized spacial score (nSPS) is 10.8. The van der Waals surface area contributed by atoms with E-state index in [2.05, 4.69) is 31.2 Å².